The van der Waals surface area contributed by atoms with E-state index in [1.54, 1.807) is 44.2 Å². The molecule has 2 rings (SSSR count). The Morgan fingerprint density at radius 2 is 2.05 bits per heavy atom. The SMILES string of the molecule is CO[C@@H](/C=C1\C[C@H](O)c2ccccc2C1=O)C(C)(C)O. The zero-order valence-electron chi connectivity index (χ0n) is 12.0. The molecule has 0 radical (unpaired) electrons. The standard InChI is InChI=1S/C16H20O4/c1-16(2,19)14(20-3)9-10-8-13(17)11-6-4-5-7-12(11)15(10)18/h4-7,9,13-14,17,19H,8H2,1-3H3/b10-9+/t13-,14-/m0/s1. The van der Waals surface area contributed by atoms with Gasteiger partial charge in [0.1, 0.15) is 6.10 Å². The smallest absolute Gasteiger partial charge is 0.189 e. The molecule has 0 heterocycles. The summed E-state index contributed by atoms with van der Waals surface area (Å²) in [6.45, 7) is 3.24. The van der Waals surface area contributed by atoms with Crippen LogP contribution in [0, 0.1) is 0 Å². The van der Waals surface area contributed by atoms with E-state index in [0.29, 0.717) is 16.7 Å². The zero-order chi connectivity index (χ0) is 14.9. The van der Waals surface area contributed by atoms with Gasteiger partial charge in [-0.05, 0) is 25.5 Å². The lowest BCUT2D eigenvalue weighted by Gasteiger charge is -2.28. The Hall–Kier alpha value is -1.49. The monoisotopic (exact) mass is 276 g/mol. The fraction of sp³-hybridized carbons (Fsp3) is 0.438. The molecule has 0 aliphatic heterocycles. The quantitative estimate of drug-likeness (QED) is 0.829. The average molecular weight is 276 g/mol. The summed E-state index contributed by atoms with van der Waals surface area (Å²) < 4.78 is 5.23. The first-order valence-corrected chi connectivity index (χ1v) is 6.62. The van der Waals surface area contributed by atoms with Crippen LogP contribution >= 0.6 is 0 Å². The van der Waals surface area contributed by atoms with Crippen molar-refractivity contribution in [2.75, 3.05) is 7.11 Å². The fourth-order valence-corrected chi connectivity index (χ4v) is 2.47. The molecule has 0 fully saturated rings. The Kier molecular flexibility index (Phi) is 4.09. The predicted octanol–water partition coefficient (Wildman–Crippen LogP) is 2.02. The third-order valence-electron chi connectivity index (χ3n) is 3.57. The molecule has 0 saturated carbocycles. The molecule has 108 valence electrons. The summed E-state index contributed by atoms with van der Waals surface area (Å²) in [5.41, 5.74) is 0.560. The number of fused-ring (bicyclic) bond motifs is 1. The van der Waals surface area contributed by atoms with Crippen molar-refractivity contribution in [2.24, 2.45) is 0 Å². The number of carbonyl (C=O) groups is 1. The number of ether oxygens (including phenoxy) is 1. The van der Waals surface area contributed by atoms with E-state index in [9.17, 15) is 15.0 Å². The molecule has 0 bridgehead atoms. The van der Waals surface area contributed by atoms with Gasteiger partial charge in [0.2, 0.25) is 0 Å². The van der Waals surface area contributed by atoms with Gasteiger partial charge in [0.15, 0.2) is 5.78 Å². The first-order chi connectivity index (χ1) is 9.34. The summed E-state index contributed by atoms with van der Waals surface area (Å²) in [7, 11) is 1.48. The van der Waals surface area contributed by atoms with Gasteiger partial charge < -0.3 is 14.9 Å². The first-order valence-electron chi connectivity index (χ1n) is 6.62. The lowest BCUT2D eigenvalue weighted by molar-refractivity contribution is -0.0449. The summed E-state index contributed by atoms with van der Waals surface area (Å²) in [4.78, 5) is 12.4. The largest absolute Gasteiger partial charge is 0.388 e. The molecular weight excluding hydrogens is 256 g/mol. The number of carbonyl (C=O) groups excluding carboxylic acids is 1. The van der Waals surface area contributed by atoms with E-state index in [1.807, 2.05) is 0 Å². The van der Waals surface area contributed by atoms with E-state index in [2.05, 4.69) is 0 Å². The number of hydrogen-bond donors (Lipinski definition) is 2. The second-order valence-electron chi connectivity index (χ2n) is 5.64. The van der Waals surface area contributed by atoms with Gasteiger partial charge in [-0.2, -0.15) is 0 Å². The molecule has 2 N–H and O–H groups in total. The maximum absolute atomic E-state index is 12.4. The molecule has 0 spiro atoms. The van der Waals surface area contributed by atoms with Crippen LogP contribution in [0.3, 0.4) is 0 Å². The third-order valence-corrected chi connectivity index (χ3v) is 3.57. The fourth-order valence-electron chi connectivity index (χ4n) is 2.47. The minimum absolute atomic E-state index is 0.114. The van der Waals surface area contributed by atoms with Crippen LogP contribution in [0.2, 0.25) is 0 Å². The van der Waals surface area contributed by atoms with Crippen molar-refractivity contribution >= 4 is 5.78 Å². The molecule has 20 heavy (non-hydrogen) atoms. The van der Waals surface area contributed by atoms with Gasteiger partial charge in [0.05, 0.1) is 11.7 Å². The van der Waals surface area contributed by atoms with Crippen LogP contribution in [-0.2, 0) is 4.74 Å². The Morgan fingerprint density at radius 3 is 2.65 bits per heavy atom. The molecule has 0 amide bonds. The maximum atomic E-state index is 12.4. The van der Waals surface area contributed by atoms with Crippen molar-refractivity contribution in [3.8, 4) is 0 Å². The molecule has 0 unspecified atom stereocenters. The Bertz CT molecular complexity index is 540. The highest BCUT2D eigenvalue weighted by molar-refractivity contribution is 6.10. The molecule has 2 atom stereocenters. The highest BCUT2D eigenvalue weighted by Gasteiger charge is 2.31. The summed E-state index contributed by atoms with van der Waals surface area (Å²) in [6, 6.07) is 7.05. The van der Waals surface area contributed by atoms with Crippen LogP contribution in [0.4, 0.5) is 0 Å². The van der Waals surface area contributed by atoms with Crippen LogP contribution in [0.5, 0.6) is 0 Å². The van der Waals surface area contributed by atoms with Gasteiger partial charge in [-0.1, -0.05) is 24.3 Å². The topological polar surface area (TPSA) is 66.8 Å². The van der Waals surface area contributed by atoms with Gasteiger partial charge in [-0.25, -0.2) is 0 Å². The molecule has 4 nitrogen and oxygen atoms in total. The average Bonchev–Trinajstić information content (AvgIpc) is 2.40. The predicted molar refractivity (Wildman–Crippen MR) is 75.5 cm³/mol. The lowest BCUT2D eigenvalue weighted by Crippen LogP contribution is -2.36. The van der Waals surface area contributed by atoms with Gasteiger partial charge in [0, 0.05) is 24.7 Å². The van der Waals surface area contributed by atoms with Gasteiger partial charge in [0.25, 0.3) is 0 Å². The second kappa shape index (κ2) is 5.48. The van der Waals surface area contributed by atoms with Crippen molar-refractivity contribution in [1.82, 2.24) is 0 Å². The van der Waals surface area contributed by atoms with Crippen molar-refractivity contribution < 1.29 is 19.7 Å². The normalized spacial score (nSPS) is 22.8. The summed E-state index contributed by atoms with van der Waals surface area (Å²) in [5, 5.41) is 20.2. The number of Topliss-reactive ketones (excluding diaryl/α,β-unsaturated/α-hetero) is 1. The van der Waals surface area contributed by atoms with Crippen LogP contribution in [0.25, 0.3) is 0 Å². The van der Waals surface area contributed by atoms with Gasteiger partial charge >= 0.3 is 0 Å². The second-order valence-corrected chi connectivity index (χ2v) is 5.64. The molecule has 1 aliphatic carbocycles. The molecule has 1 aromatic carbocycles. The number of methoxy groups -OCH3 is 1. The minimum Gasteiger partial charge on any atom is -0.388 e. The van der Waals surface area contributed by atoms with E-state index in [0.717, 1.165) is 0 Å². The summed E-state index contributed by atoms with van der Waals surface area (Å²) in [5.74, 6) is -0.114. The highest BCUT2D eigenvalue weighted by atomic mass is 16.5. The Morgan fingerprint density at radius 1 is 1.40 bits per heavy atom. The number of benzene rings is 1. The molecule has 0 saturated heterocycles. The molecular formula is C16H20O4. The van der Waals surface area contributed by atoms with Gasteiger partial charge in [-0.3, -0.25) is 4.79 Å². The highest BCUT2D eigenvalue weighted by Crippen LogP contribution is 2.33. The number of ketones is 1. The van der Waals surface area contributed by atoms with Crippen LogP contribution in [-0.4, -0.2) is 34.8 Å². The van der Waals surface area contributed by atoms with Crippen LogP contribution < -0.4 is 0 Å². The van der Waals surface area contributed by atoms with E-state index in [4.69, 9.17) is 4.74 Å². The Balaban J connectivity index is 2.39. The van der Waals surface area contributed by atoms with E-state index in [1.165, 1.54) is 7.11 Å². The number of aliphatic hydroxyl groups excluding tert-OH is 1. The van der Waals surface area contributed by atoms with Crippen molar-refractivity contribution in [1.29, 1.82) is 0 Å². The van der Waals surface area contributed by atoms with Crippen molar-refractivity contribution in [3.05, 3.63) is 47.0 Å². The van der Waals surface area contributed by atoms with Crippen molar-refractivity contribution in [3.63, 3.8) is 0 Å². The lowest BCUT2D eigenvalue weighted by atomic mass is 9.83. The van der Waals surface area contributed by atoms with Crippen LogP contribution in [0.15, 0.2) is 35.9 Å². The molecule has 1 aliphatic rings. The number of aliphatic hydroxyl groups is 2. The molecule has 0 aromatic heterocycles. The summed E-state index contributed by atoms with van der Waals surface area (Å²) in [6.07, 6.45) is 0.557. The van der Waals surface area contributed by atoms with Gasteiger partial charge in [-0.15, -0.1) is 0 Å². The molecule has 1 aromatic rings. The number of hydrogen-bond acceptors (Lipinski definition) is 4. The Labute approximate surface area is 118 Å². The van der Waals surface area contributed by atoms with E-state index >= 15 is 0 Å². The summed E-state index contributed by atoms with van der Waals surface area (Å²) >= 11 is 0. The van der Waals surface area contributed by atoms with Crippen LogP contribution in [0.1, 0.15) is 42.3 Å². The zero-order valence-corrected chi connectivity index (χ0v) is 12.0. The number of rotatable bonds is 3. The molecule has 4 heteroatoms. The minimum atomic E-state index is -1.09. The van der Waals surface area contributed by atoms with E-state index in [-0.39, 0.29) is 12.2 Å². The van der Waals surface area contributed by atoms with Crippen molar-refractivity contribution in [2.45, 2.75) is 38.1 Å². The maximum Gasteiger partial charge on any atom is 0.189 e. The van der Waals surface area contributed by atoms with E-state index < -0.39 is 17.8 Å². The first kappa shape index (κ1) is 14.9. The third kappa shape index (κ3) is 2.82.